The molecule has 1 aliphatic rings. The Balaban J connectivity index is 2.12. The second-order valence-corrected chi connectivity index (χ2v) is 3.70. The molecule has 0 spiro atoms. The highest BCUT2D eigenvalue weighted by Gasteiger charge is 2.16. The molecule has 0 aromatic carbocycles. The van der Waals surface area contributed by atoms with Crippen molar-refractivity contribution in [1.82, 2.24) is 14.9 Å². The van der Waals surface area contributed by atoms with Crippen molar-refractivity contribution in [3.8, 4) is 0 Å². The third-order valence-electron chi connectivity index (χ3n) is 2.68. The van der Waals surface area contributed by atoms with Crippen LogP contribution in [0.1, 0.15) is 12.1 Å². The average Bonchev–Trinajstić information content (AvgIpc) is 2.70. The van der Waals surface area contributed by atoms with E-state index in [-0.39, 0.29) is 5.69 Å². The van der Waals surface area contributed by atoms with Crippen molar-refractivity contribution in [2.45, 2.75) is 19.9 Å². The molecule has 2 heterocycles. The van der Waals surface area contributed by atoms with Gasteiger partial charge in [0.05, 0.1) is 0 Å². The van der Waals surface area contributed by atoms with Gasteiger partial charge in [-0.1, -0.05) is 0 Å². The zero-order chi connectivity index (χ0) is 9.26. The molecule has 0 bridgehead atoms. The molecule has 4 heteroatoms. The first-order valence-corrected chi connectivity index (χ1v) is 4.73. The maximum atomic E-state index is 11.3. The van der Waals surface area contributed by atoms with Crippen molar-refractivity contribution in [3.63, 3.8) is 0 Å². The van der Waals surface area contributed by atoms with E-state index in [0.717, 1.165) is 25.3 Å². The standard InChI is InChI=1S/C9H15N3O/c1-7-4-11-9(13)12(7)6-8-2-3-10-5-8/h4,8,10H,2-3,5-6H2,1H3,(H,11,13). The molecule has 2 N–H and O–H groups in total. The molecule has 13 heavy (non-hydrogen) atoms. The SMILES string of the molecule is Cc1c[nH]c(=O)n1CC1CCNC1. The molecule has 1 unspecified atom stereocenters. The lowest BCUT2D eigenvalue weighted by Gasteiger charge is -2.09. The quantitative estimate of drug-likeness (QED) is 0.679. The number of aromatic amines is 1. The van der Waals surface area contributed by atoms with Crippen molar-refractivity contribution in [3.05, 3.63) is 22.4 Å². The predicted molar refractivity (Wildman–Crippen MR) is 50.8 cm³/mol. The second-order valence-electron chi connectivity index (χ2n) is 3.70. The smallest absolute Gasteiger partial charge is 0.316 e. The molecule has 1 saturated heterocycles. The number of hydrogen-bond acceptors (Lipinski definition) is 2. The van der Waals surface area contributed by atoms with Crippen molar-refractivity contribution >= 4 is 0 Å². The molecule has 1 fully saturated rings. The summed E-state index contributed by atoms with van der Waals surface area (Å²) < 4.78 is 1.82. The van der Waals surface area contributed by atoms with Gasteiger partial charge in [0.15, 0.2) is 0 Å². The lowest BCUT2D eigenvalue weighted by atomic mass is 10.1. The van der Waals surface area contributed by atoms with Crippen molar-refractivity contribution in [2.24, 2.45) is 5.92 Å². The van der Waals surface area contributed by atoms with Crippen LogP contribution >= 0.6 is 0 Å². The van der Waals surface area contributed by atoms with Crippen molar-refractivity contribution in [2.75, 3.05) is 13.1 Å². The molecule has 1 aliphatic heterocycles. The number of imidazole rings is 1. The fourth-order valence-electron chi connectivity index (χ4n) is 1.84. The summed E-state index contributed by atoms with van der Waals surface area (Å²) >= 11 is 0. The third kappa shape index (κ3) is 1.67. The minimum atomic E-state index is 0.0180. The van der Waals surface area contributed by atoms with Crippen LogP contribution in [0.4, 0.5) is 0 Å². The Hall–Kier alpha value is -1.03. The lowest BCUT2D eigenvalue weighted by molar-refractivity contribution is 0.467. The largest absolute Gasteiger partial charge is 0.325 e. The van der Waals surface area contributed by atoms with Gasteiger partial charge in [-0.25, -0.2) is 4.79 Å². The van der Waals surface area contributed by atoms with Crippen LogP contribution in [0.15, 0.2) is 11.0 Å². The molecule has 0 radical (unpaired) electrons. The van der Waals surface area contributed by atoms with Crippen molar-refractivity contribution < 1.29 is 0 Å². The normalized spacial score (nSPS) is 22.4. The summed E-state index contributed by atoms with van der Waals surface area (Å²) in [5.41, 5.74) is 1.04. The molecular weight excluding hydrogens is 166 g/mol. The fourth-order valence-corrected chi connectivity index (χ4v) is 1.84. The molecule has 0 amide bonds. The van der Waals surface area contributed by atoms with E-state index in [4.69, 9.17) is 0 Å². The first-order valence-electron chi connectivity index (χ1n) is 4.73. The maximum absolute atomic E-state index is 11.3. The topological polar surface area (TPSA) is 49.8 Å². The van der Waals surface area contributed by atoms with Gasteiger partial charge in [-0.3, -0.25) is 4.57 Å². The van der Waals surface area contributed by atoms with E-state index < -0.39 is 0 Å². The van der Waals surface area contributed by atoms with Crippen LogP contribution in [0.5, 0.6) is 0 Å². The Morgan fingerprint density at radius 2 is 2.54 bits per heavy atom. The molecule has 72 valence electrons. The lowest BCUT2D eigenvalue weighted by Crippen LogP contribution is -2.23. The van der Waals surface area contributed by atoms with Crippen LogP contribution in [-0.4, -0.2) is 22.6 Å². The highest BCUT2D eigenvalue weighted by Crippen LogP contribution is 2.10. The van der Waals surface area contributed by atoms with Gasteiger partial charge in [0.1, 0.15) is 0 Å². The first-order chi connectivity index (χ1) is 6.27. The van der Waals surface area contributed by atoms with Crippen LogP contribution in [-0.2, 0) is 6.54 Å². The highest BCUT2D eigenvalue weighted by atomic mass is 16.1. The van der Waals surface area contributed by atoms with E-state index in [2.05, 4.69) is 10.3 Å². The number of rotatable bonds is 2. The first kappa shape index (κ1) is 8.56. The zero-order valence-electron chi connectivity index (χ0n) is 7.84. The van der Waals surface area contributed by atoms with Crippen LogP contribution in [0.2, 0.25) is 0 Å². The number of nitrogens with one attached hydrogen (secondary N) is 2. The van der Waals surface area contributed by atoms with Crippen LogP contribution < -0.4 is 11.0 Å². The van der Waals surface area contributed by atoms with Gasteiger partial charge in [0.25, 0.3) is 0 Å². The van der Waals surface area contributed by atoms with Gasteiger partial charge in [-0.05, 0) is 32.4 Å². The molecule has 1 aromatic heterocycles. The molecule has 1 atom stereocenters. The average molecular weight is 181 g/mol. The summed E-state index contributed by atoms with van der Waals surface area (Å²) in [6.45, 7) is 4.93. The number of aromatic nitrogens is 2. The highest BCUT2D eigenvalue weighted by molar-refractivity contribution is 4.95. The van der Waals surface area contributed by atoms with E-state index in [9.17, 15) is 4.79 Å². The van der Waals surface area contributed by atoms with Gasteiger partial charge in [-0.2, -0.15) is 0 Å². The Labute approximate surface area is 77.0 Å². The van der Waals surface area contributed by atoms with Crippen LogP contribution in [0.25, 0.3) is 0 Å². The zero-order valence-corrected chi connectivity index (χ0v) is 7.84. The monoisotopic (exact) mass is 181 g/mol. The molecule has 4 nitrogen and oxygen atoms in total. The molecule has 0 aliphatic carbocycles. The molecular formula is C9H15N3O. The Morgan fingerprint density at radius 3 is 3.08 bits per heavy atom. The number of nitrogens with zero attached hydrogens (tertiary/aromatic N) is 1. The van der Waals surface area contributed by atoms with Crippen LogP contribution in [0.3, 0.4) is 0 Å². The number of hydrogen-bond donors (Lipinski definition) is 2. The Bertz CT molecular complexity index is 333. The number of H-pyrrole nitrogens is 1. The molecule has 2 rings (SSSR count). The Kier molecular flexibility index (Phi) is 2.22. The maximum Gasteiger partial charge on any atom is 0.325 e. The summed E-state index contributed by atoms with van der Waals surface area (Å²) in [7, 11) is 0. The van der Waals surface area contributed by atoms with Gasteiger partial charge in [0, 0.05) is 18.4 Å². The van der Waals surface area contributed by atoms with Crippen molar-refractivity contribution in [1.29, 1.82) is 0 Å². The summed E-state index contributed by atoms with van der Waals surface area (Å²) in [4.78, 5) is 14.0. The summed E-state index contributed by atoms with van der Waals surface area (Å²) in [5.74, 6) is 0.618. The van der Waals surface area contributed by atoms with Gasteiger partial charge >= 0.3 is 5.69 Å². The van der Waals surface area contributed by atoms with Crippen LogP contribution in [0, 0.1) is 12.8 Å². The third-order valence-corrected chi connectivity index (χ3v) is 2.68. The van der Waals surface area contributed by atoms with E-state index in [1.165, 1.54) is 6.42 Å². The minimum absolute atomic E-state index is 0.0180. The Morgan fingerprint density at radius 1 is 1.69 bits per heavy atom. The summed E-state index contributed by atoms with van der Waals surface area (Å²) in [5, 5.41) is 3.30. The van der Waals surface area contributed by atoms with Gasteiger partial charge in [0.2, 0.25) is 0 Å². The van der Waals surface area contributed by atoms with Gasteiger partial charge < -0.3 is 10.3 Å². The van der Waals surface area contributed by atoms with E-state index in [0.29, 0.717) is 5.92 Å². The summed E-state index contributed by atoms with van der Waals surface area (Å²) in [6.07, 6.45) is 2.95. The molecule has 0 saturated carbocycles. The molecule has 1 aromatic rings. The van der Waals surface area contributed by atoms with E-state index in [1.807, 2.05) is 11.5 Å². The fraction of sp³-hybridized carbons (Fsp3) is 0.667. The second kappa shape index (κ2) is 3.38. The summed E-state index contributed by atoms with van der Waals surface area (Å²) in [6, 6.07) is 0. The predicted octanol–water partition coefficient (Wildman–Crippen LogP) is 0.0943. The minimum Gasteiger partial charge on any atom is -0.316 e. The van der Waals surface area contributed by atoms with Gasteiger partial charge in [-0.15, -0.1) is 0 Å². The van der Waals surface area contributed by atoms with E-state index >= 15 is 0 Å². The van der Waals surface area contributed by atoms with E-state index in [1.54, 1.807) is 6.20 Å². The number of aryl methyl sites for hydroxylation is 1.